The Hall–Kier alpha value is -2.37. The highest BCUT2D eigenvalue weighted by molar-refractivity contribution is 6.37. The third kappa shape index (κ3) is 4.84. The van der Waals surface area contributed by atoms with E-state index in [9.17, 15) is 4.79 Å². The highest BCUT2D eigenvalue weighted by Crippen LogP contribution is 2.33. The lowest BCUT2D eigenvalue weighted by molar-refractivity contribution is -0.116. The highest BCUT2D eigenvalue weighted by atomic mass is 35.5. The molecule has 0 heterocycles. The van der Waals surface area contributed by atoms with Crippen LogP contribution in [0.25, 0.3) is 6.08 Å². The molecule has 0 saturated heterocycles. The number of rotatable bonds is 7. The molecule has 26 heavy (non-hydrogen) atoms. The van der Waals surface area contributed by atoms with Gasteiger partial charge in [0, 0.05) is 33.8 Å². The van der Waals surface area contributed by atoms with Crippen LogP contribution in [0.3, 0.4) is 0 Å². The van der Waals surface area contributed by atoms with Crippen molar-refractivity contribution in [2.24, 2.45) is 0 Å². The molecule has 2 rings (SSSR count). The topological polar surface area (TPSA) is 56.8 Å². The van der Waals surface area contributed by atoms with E-state index in [1.165, 1.54) is 6.08 Å². The molecule has 2 aromatic carbocycles. The number of hydrogen-bond donors (Lipinski definition) is 1. The monoisotopic (exact) mass is 395 g/mol. The third-order valence-electron chi connectivity index (χ3n) is 3.66. The average Bonchev–Trinajstić information content (AvgIpc) is 2.65. The van der Waals surface area contributed by atoms with Gasteiger partial charge in [-0.3, -0.25) is 4.79 Å². The van der Waals surface area contributed by atoms with E-state index in [4.69, 9.17) is 37.4 Å². The Kier molecular flexibility index (Phi) is 7.18. The molecule has 7 heteroatoms. The second-order valence-corrected chi connectivity index (χ2v) is 6.01. The number of benzene rings is 2. The number of methoxy groups -OCH3 is 3. The van der Waals surface area contributed by atoms with Gasteiger partial charge in [-0.05, 0) is 18.2 Å². The van der Waals surface area contributed by atoms with Crippen LogP contribution in [0.5, 0.6) is 17.2 Å². The minimum atomic E-state index is -0.305. The van der Waals surface area contributed by atoms with Gasteiger partial charge in [0.05, 0.1) is 33.4 Å². The van der Waals surface area contributed by atoms with E-state index in [2.05, 4.69) is 5.32 Å². The zero-order valence-corrected chi connectivity index (χ0v) is 16.1. The van der Waals surface area contributed by atoms with Crippen LogP contribution in [0, 0.1) is 0 Å². The van der Waals surface area contributed by atoms with Crippen molar-refractivity contribution in [2.45, 2.75) is 6.54 Å². The van der Waals surface area contributed by atoms with E-state index in [0.717, 1.165) is 0 Å². The lowest BCUT2D eigenvalue weighted by atomic mass is 10.1. The van der Waals surface area contributed by atoms with Gasteiger partial charge in [-0.25, -0.2) is 0 Å². The van der Waals surface area contributed by atoms with Gasteiger partial charge in [-0.15, -0.1) is 0 Å². The summed E-state index contributed by atoms with van der Waals surface area (Å²) in [6.45, 7) is 0.218. The maximum absolute atomic E-state index is 12.1. The van der Waals surface area contributed by atoms with Crippen LogP contribution in [0.1, 0.15) is 11.1 Å². The molecular formula is C19H19Cl2NO4. The molecule has 0 radical (unpaired) electrons. The van der Waals surface area contributed by atoms with Crippen molar-refractivity contribution in [3.05, 3.63) is 57.6 Å². The van der Waals surface area contributed by atoms with E-state index in [-0.39, 0.29) is 12.5 Å². The van der Waals surface area contributed by atoms with Gasteiger partial charge < -0.3 is 19.5 Å². The maximum Gasteiger partial charge on any atom is 0.244 e. The standard InChI is InChI=1S/C19H19Cl2NO4/c1-24-12-9-17(25-2)14(18(10-12)26-3)11-22-19(23)8-7-13-15(20)5-4-6-16(13)21/h4-10H,11H2,1-3H3,(H,22,23)/b8-7+. The summed E-state index contributed by atoms with van der Waals surface area (Å²) < 4.78 is 15.9. The normalized spacial score (nSPS) is 10.7. The Morgan fingerprint density at radius 3 is 2.12 bits per heavy atom. The number of carbonyl (C=O) groups excluding carboxylic acids is 1. The summed E-state index contributed by atoms with van der Waals surface area (Å²) in [4.78, 5) is 12.1. The fourth-order valence-corrected chi connectivity index (χ4v) is 2.84. The predicted molar refractivity (Wildman–Crippen MR) is 103 cm³/mol. The number of ether oxygens (including phenoxy) is 3. The maximum atomic E-state index is 12.1. The van der Waals surface area contributed by atoms with Crippen molar-refractivity contribution in [3.8, 4) is 17.2 Å². The van der Waals surface area contributed by atoms with Crippen molar-refractivity contribution >= 4 is 35.2 Å². The number of halogens is 2. The summed E-state index contributed by atoms with van der Waals surface area (Å²) in [6.07, 6.45) is 2.94. The van der Waals surface area contributed by atoms with Crippen molar-refractivity contribution in [1.29, 1.82) is 0 Å². The molecule has 1 amide bonds. The summed E-state index contributed by atoms with van der Waals surface area (Å²) in [6, 6.07) is 8.60. The molecule has 0 spiro atoms. The zero-order chi connectivity index (χ0) is 19.1. The van der Waals surface area contributed by atoms with E-state index < -0.39 is 0 Å². The fourth-order valence-electron chi connectivity index (χ4n) is 2.32. The van der Waals surface area contributed by atoms with Gasteiger partial charge in [0.1, 0.15) is 17.2 Å². The molecule has 0 aliphatic rings. The SMILES string of the molecule is COc1cc(OC)c(CNC(=O)/C=C/c2c(Cl)cccc2Cl)c(OC)c1. The van der Waals surface area contributed by atoms with Crippen LogP contribution >= 0.6 is 23.2 Å². The van der Waals surface area contributed by atoms with Gasteiger partial charge in [0.15, 0.2) is 0 Å². The first-order chi connectivity index (χ1) is 12.5. The number of amides is 1. The van der Waals surface area contributed by atoms with Crippen LogP contribution in [0.2, 0.25) is 10.0 Å². The number of carbonyl (C=O) groups is 1. The van der Waals surface area contributed by atoms with Crippen molar-refractivity contribution in [3.63, 3.8) is 0 Å². The summed E-state index contributed by atoms with van der Waals surface area (Å²) in [7, 11) is 4.64. The molecule has 5 nitrogen and oxygen atoms in total. The van der Waals surface area contributed by atoms with Gasteiger partial charge in [-0.1, -0.05) is 29.3 Å². The van der Waals surface area contributed by atoms with E-state index in [0.29, 0.717) is 38.4 Å². The zero-order valence-electron chi connectivity index (χ0n) is 14.6. The lowest BCUT2D eigenvalue weighted by Gasteiger charge is -2.15. The molecule has 0 saturated carbocycles. The largest absolute Gasteiger partial charge is 0.496 e. The van der Waals surface area contributed by atoms with E-state index in [1.54, 1.807) is 57.7 Å². The third-order valence-corrected chi connectivity index (χ3v) is 4.32. The smallest absolute Gasteiger partial charge is 0.244 e. The molecule has 0 aliphatic heterocycles. The number of hydrogen-bond acceptors (Lipinski definition) is 4. The molecule has 0 aromatic heterocycles. The molecule has 0 atom stereocenters. The summed E-state index contributed by atoms with van der Waals surface area (Å²) in [5.74, 6) is 1.40. The molecule has 0 fully saturated rings. The molecule has 1 N–H and O–H groups in total. The van der Waals surface area contributed by atoms with Crippen LogP contribution in [0.4, 0.5) is 0 Å². The van der Waals surface area contributed by atoms with Gasteiger partial charge in [0.25, 0.3) is 0 Å². The number of nitrogens with one attached hydrogen (secondary N) is 1. The predicted octanol–water partition coefficient (Wildman–Crippen LogP) is 4.35. The lowest BCUT2D eigenvalue weighted by Crippen LogP contribution is -2.21. The van der Waals surface area contributed by atoms with Crippen molar-refractivity contribution in [1.82, 2.24) is 5.32 Å². The Balaban J connectivity index is 2.13. The first kappa shape index (κ1) is 19.9. The van der Waals surface area contributed by atoms with Crippen molar-refractivity contribution in [2.75, 3.05) is 21.3 Å². The molecular weight excluding hydrogens is 377 g/mol. The molecule has 0 unspecified atom stereocenters. The van der Waals surface area contributed by atoms with Gasteiger partial charge in [-0.2, -0.15) is 0 Å². The minimum absolute atomic E-state index is 0.218. The average molecular weight is 396 g/mol. The Morgan fingerprint density at radius 1 is 1.04 bits per heavy atom. The van der Waals surface area contributed by atoms with Crippen LogP contribution in [-0.2, 0) is 11.3 Å². The summed E-state index contributed by atoms with van der Waals surface area (Å²) in [5, 5.41) is 3.73. The van der Waals surface area contributed by atoms with Crippen LogP contribution in [0.15, 0.2) is 36.4 Å². The second-order valence-electron chi connectivity index (χ2n) is 5.20. The van der Waals surface area contributed by atoms with Crippen molar-refractivity contribution < 1.29 is 19.0 Å². The van der Waals surface area contributed by atoms with E-state index in [1.807, 2.05) is 0 Å². The van der Waals surface area contributed by atoms with E-state index >= 15 is 0 Å². The summed E-state index contributed by atoms with van der Waals surface area (Å²) in [5.41, 5.74) is 1.29. The first-order valence-electron chi connectivity index (χ1n) is 7.69. The van der Waals surface area contributed by atoms with Crippen LogP contribution in [-0.4, -0.2) is 27.2 Å². The molecule has 0 aliphatic carbocycles. The second kappa shape index (κ2) is 9.36. The quantitative estimate of drug-likeness (QED) is 0.708. The van der Waals surface area contributed by atoms with Crippen LogP contribution < -0.4 is 19.5 Å². The first-order valence-corrected chi connectivity index (χ1v) is 8.44. The highest BCUT2D eigenvalue weighted by Gasteiger charge is 2.13. The fraction of sp³-hybridized carbons (Fsp3) is 0.211. The Morgan fingerprint density at radius 2 is 1.62 bits per heavy atom. The molecule has 138 valence electrons. The minimum Gasteiger partial charge on any atom is -0.496 e. The van der Waals surface area contributed by atoms with Gasteiger partial charge >= 0.3 is 0 Å². The Labute approximate surface area is 162 Å². The summed E-state index contributed by atoms with van der Waals surface area (Å²) >= 11 is 12.2. The van der Waals surface area contributed by atoms with Gasteiger partial charge in [0.2, 0.25) is 5.91 Å². The Bertz CT molecular complexity index is 776. The molecule has 2 aromatic rings. The molecule has 0 bridgehead atoms.